The predicted molar refractivity (Wildman–Crippen MR) is 72.0 cm³/mol. The second-order valence-corrected chi connectivity index (χ2v) is 5.67. The fraction of sp³-hybridized carbons (Fsp3) is 0.154. The lowest BCUT2D eigenvalue weighted by atomic mass is 10.2. The van der Waals surface area contributed by atoms with Gasteiger partial charge in [0.05, 0.1) is 0 Å². The van der Waals surface area contributed by atoms with E-state index in [-0.39, 0.29) is 0 Å². The largest absolute Gasteiger partial charge is 0.248 e. The Balaban J connectivity index is 2.27. The minimum atomic E-state index is 1.03. The molecule has 0 fully saturated rings. The molecular weight excluding hydrogens is 282 g/mol. The van der Waals surface area contributed by atoms with Crippen LogP contribution in [0.25, 0.3) is 0 Å². The molecule has 82 valence electrons. The molecule has 0 spiro atoms. The number of halogens is 1. The number of benzene rings is 1. The lowest BCUT2D eigenvalue weighted by molar-refractivity contribution is 1.07. The number of rotatable bonds is 2. The summed E-state index contributed by atoms with van der Waals surface area (Å²) in [6, 6.07) is 10.6. The Morgan fingerprint density at radius 2 is 2.00 bits per heavy atom. The first-order valence-electron chi connectivity index (χ1n) is 5.02. The first kappa shape index (κ1) is 11.7. The van der Waals surface area contributed by atoms with Gasteiger partial charge in [-0.15, -0.1) is 0 Å². The van der Waals surface area contributed by atoms with Crippen LogP contribution in [-0.2, 0) is 0 Å². The number of aryl methyl sites for hydroxylation is 2. The van der Waals surface area contributed by atoms with E-state index in [0.717, 1.165) is 9.50 Å². The number of aromatic nitrogens is 1. The van der Waals surface area contributed by atoms with Crippen LogP contribution in [0.1, 0.15) is 11.1 Å². The summed E-state index contributed by atoms with van der Waals surface area (Å²) in [5, 5.41) is 1.06. The van der Waals surface area contributed by atoms with Crippen molar-refractivity contribution in [1.82, 2.24) is 4.98 Å². The fourth-order valence-electron chi connectivity index (χ4n) is 1.43. The first-order chi connectivity index (χ1) is 7.65. The van der Waals surface area contributed by atoms with Crippen molar-refractivity contribution in [2.24, 2.45) is 0 Å². The molecule has 0 saturated carbocycles. The predicted octanol–water partition coefficient (Wildman–Crippen LogP) is 4.61. The number of nitrogens with zero attached hydrogens (tertiary/aromatic N) is 1. The summed E-state index contributed by atoms with van der Waals surface area (Å²) < 4.78 is 1.03. The van der Waals surface area contributed by atoms with Crippen LogP contribution in [0.4, 0.5) is 0 Å². The molecule has 1 aromatic heterocycles. The van der Waals surface area contributed by atoms with Crippen molar-refractivity contribution in [3.8, 4) is 0 Å². The van der Waals surface area contributed by atoms with Crippen LogP contribution in [-0.4, -0.2) is 4.98 Å². The van der Waals surface area contributed by atoms with Gasteiger partial charge in [0.1, 0.15) is 5.03 Å². The molecule has 1 nitrogen and oxygen atoms in total. The molecule has 0 atom stereocenters. The molecule has 0 radical (unpaired) electrons. The highest BCUT2D eigenvalue weighted by atomic mass is 79.9. The first-order valence-corrected chi connectivity index (χ1v) is 6.63. The highest BCUT2D eigenvalue weighted by Gasteiger charge is 2.03. The third-order valence-electron chi connectivity index (χ3n) is 2.20. The lowest BCUT2D eigenvalue weighted by Gasteiger charge is -2.05. The van der Waals surface area contributed by atoms with Crippen LogP contribution in [0, 0.1) is 13.8 Å². The summed E-state index contributed by atoms with van der Waals surface area (Å²) in [6.45, 7) is 4.18. The summed E-state index contributed by atoms with van der Waals surface area (Å²) in [5.74, 6) is 0. The molecular formula is C13H12BrNS. The van der Waals surface area contributed by atoms with Crippen molar-refractivity contribution in [1.29, 1.82) is 0 Å². The van der Waals surface area contributed by atoms with Gasteiger partial charge < -0.3 is 0 Å². The minimum Gasteiger partial charge on any atom is -0.248 e. The normalized spacial score (nSPS) is 10.4. The van der Waals surface area contributed by atoms with Crippen molar-refractivity contribution in [2.45, 2.75) is 23.8 Å². The highest BCUT2D eigenvalue weighted by molar-refractivity contribution is 9.10. The molecule has 0 aliphatic rings. The molecule has 1 heterocycles. The number of hydrogen-bond acceptors (Lipinski definition) is 2. The molecule has 0 aliphatic heterocycles. The van der Waals surface area contributed by atoms with Crippen molar-refractivity contribution in [3.05, 3.63) is 52.1 Å². The standard InChI is InChI=1S/C13H12BrNS/c1-9-4-3-5-12(6-9)16-13-10(2)7-11(14)8-15-13/h3-8H,1-2H3. The van der Waals surface area contributed by atoms with Gasteiger partial charge in [0.25, 0.3) is 0 Å². The van der Waals surface area contributed by atoms with Crippen LogP contribution in [0.15, 0.2) is 50.9 Å². The molecule has 0 bridgehead atoms. The van der Waals surface area contributed by atoms with Gasteiger partial charge in [-0.05, 0) is 53.5 Å². The SMILES string of the molecule is Cc1cccc(Sc2ncc(Br)cc2C)c1. The van der Waals surface area contributed by atoms with Gasteiger partial charge in [-0.1, -0.05) is 29.5 Å². The summed E-state index contributed by atoms with van der Waals surface area (Å²) in [4.78, 5) is 5.65. The Bertz CT molecular complexity index is 511. The molecule has 1 aromatic carbocycles. The van der Waals surface area contributed by atoms with E-state index in [9.17, 15) is 0 Å². The summed E-state index contributed by atoms with van der Waals surface area (Å²) in [6.07, 6.45) is 1.84. The lowest BCUT2D eigenvalue weighted by Crippen LogP contribution is -1.85. The second kappa shape index (κ2) is 5.02. The van der Waals surface area contributed by atoms with Gasteiger partial charge in [0, 0.05) is 15.6 Å². The van der Waals surface area contributed by atoms with Crippen molar-refractivity contribution < 1.29 is 0 Å². The quantitative estimate of drug-likeness (QED) is 0.802. The topological polar surface area (TPSA) is 12.9 Å². The number of pyridine rings is 1. The van der Waals surface area contributed by atoms with Gasteiger partial charge in [-0.2, -0.15) is 0 Å². The molecule has 0 unspecified atom stereocenters. The maximum Gasteiger partial charge on any atom is 0.104 e. The van der Waals surface area contributed by atoms with Crippen molar-refractivity contribution in [3.63, 3.8) is 0 Å². The van der Waals surface area contributed by atoms with E-state index >= 15 is 0 Å². The minimum absolute atomic E-state index is 1.03. The highest BCUT2D eigenvalue weighted by Crippen LogP contribution is 2.29. The zero-order valence-corrected chi connectivity index (χ0v) is 11.6. The molecule has 0 aliphatic carbocycles. The van der Waals surface area contributed by atoms with Gasteiger partial charge in [-0.25, -0.2) is 4.98 Å². The molecule has 2 aromatic rings. The van der Waals surface area contributed by atoms with Crippen molar-refractivity contribution in [2.75, 3.05) is 0 Å². The Morgan fingerprint density at radius 3 is 2.69 bits per heavy atom. The van der Waals surface area contributed by atoms with Crippen LogP contribution in [0.5, 0.6) is 0 Å². The van der Waals surface area contributed by atoms with Crippen LogP contribution >= 0.6 is 27.7 Å². The Morgan fingerprint density at radius 1 is 1.19 bits per heavy atom. The Hall–Kier alpha value is -0.800. The van der Waals surface area contributed by atoms with Crippen LogP contribution in [0.3, 0.4) is 0 Å². The maximum atomic E-state index is 4.42. The van der Waals surface area contributed by atoms with Gasteiger partial charge >= 0.3 is 0 Å². The van der Waals surface area contributed by atoms with Crippen molar-refractivity contribution >= 4 is 27.7 Å². The summed E-state index contributed by atoms with van der Waals surface area (Å²) >= 11 is 5.13. The van der Waals surface area contributed by atoms with E-state index in [0.29, 0.717) is 0 Å². The van der Waals surface area contributed by atoms with Gasteiger partial charge in [0.15, 0.2) is 0 Å². The second-order valence-electron chi connectivity index (χ2n) is 3.69. The monoisotopic (exact) mass is 293 g/mol. The number of hydrogen-bond donors (Lipinski definition) is 0. The van der Waals surface area contributed by atoms with E-state index in [1.807, 2.05) is 6.20 Å². The average molecular weight is 294 g/mol. The van der Waals surface area contributed by atoms with E-state index in [1.165, 1.54) is 16.0 Å². The third-order valence-corrected chi connectivity index (χ3v) is 3.74. The third kappa shape index (κ3) is 2.86. The smallest absolute Gasteiger partial charge is 0.104 e. The van der Waals surface area contributed by atoms with Crippen LogP contribution in [0.2, 0.25) is 0 Å². The summed E-state index contributed by atoms with van der Waals surface area (Å²) in [5.41, 5.74) is 2.47. The van der Waals surface area contributed by atoms with E-state index in [2.05, 4.69) is 65.1 Å². The van der Waals surface area contributed by atoms with E-state index < -0.39 is 0 Å². The fourth-order valence-corrected chi connectivity index (χ4v) is 2.81. The van der Waals surface area contributed by atoms with E-state index in [4.69, 9.17) is 0 Å². The Kier molecular flexibility index (Phi) is 3.66. The summed E-state index contributed by atoms with van der Waals surface area (Å²) in [7, 11) is 0. The molecule has 0 amide bonds. The van der Waals surface area contributed by atoms with Gasteiger partial charge in [-0.3, -0.25) is 0 Å². The molecule has 3 heteroatoms. The zero-order valence-electron chi connectivity index (χ0n) is 9.20. The van der Waals surface area contributed by atoms with E-state index in [1.54, 1.807) is 11.8 Å². The maximum absolute atomic E-state index is 4.42. The molecule has 2 rings (SSSR count). The zero-order chi connectivity index (χ0) is 11.5. The molecule has 16 heavy (non-hydrogen) atoms. The molecule has 0 N–H and O–H groups in total. The molecule has 0 saturated heterocycles. The van der Waals surface area contributed by atoms with Crippen LogP contribution < -0.4 is 0 Å². The Labute approximate surface area is 108 Å². The van der Waals surface area contributed by atoms with Gasteiger partial charge in [0.2, 0.25) is 0 Å². The average Bonchev–Trinajstić information content (AvgIpc) is 2.22.